The van der Waals surface area contributed by atoms with Gasteiger partial charge in [0.05, 0.1) is 0 Å². The van der Waals surface area contributed by atoms with Gasteiger partial charge in [0.15, 0.2) is 5.82 Å². The summed E-state index contributed by atoms with van der Waals surface area (Å²) in [5.41, 5.74) is 3.51. The van der Waals surface area contributed by atoms with E-state index in [9.17, 15) is 4.79 Å². The fraction of sp³-hybridized carbons (Fsp3) is 0.560. The Labute approximate surface area is 180 Å². The topological polar surface area (TPSA) is 49.3 Å². The normalized spacial score (nSPS) is 18.3. The first-order valence-corrected chi connectivity index (χ1v) is 11.7. The number of carbonyl (C=O) groups is 1. The van der Waals surface area contributed by atoms with Gasteiger partial charge in [-0.25, -0.2) is 9.97 Å². The minimum absolute atomic E-state index is 0.0901. The van der Waals surface area contributed by atoms with Gasteiger partial charge >= 0.3 is 0 Å². The predicted octanol–water partition coefficient (Wildman–Crippen LogP) is 4.64. The Morgan fingerprint density at radius 2 is 1.77 bits per heavy atom. The lowest BCUT2D eigenvalue weighted by Gasteiger charge is -2.33. The molecule has 1 atom stereocenters. The van der Waals surface area contributed by atoms with E-state index in [1.807, 2.05) is 18.2 Å². The number of fused-ring (bicyclic) bond motifs is 1. The van der Waals surface area contributed by atoms with Crippen molar-refractivity contribution in [2.24, 2.45) is 0 Å². The maximum absolute atomic E-state index is 13.5. The Balaban J connectivity index is 1.72. The second-order valence-corrected chi connectivity index (χ2v) is 8.55. The summed E-state index contributed by atoms with van der Waals surface area (Å²) in [5.74, 6) is 2.09. The molecule has 160 valence electrons. The van der Waals surface area contributed by atoms with Gasteiger partial charge in [-0.15, -0.1) is 0 Å². The van der Waals surface area contributed by atoms with Crippen LogP contribution in [0.15, 0.2) is 30.3 Å². The monoisotopic (exact) mass is 406 g/mol. The van der Waals surface area contributed by atoms with Gasteiger partial charge in [0, 0.05) is 36.5 Å². The molecule has 0 bridgehead atoms. The average Bonchev–Trinajstić information content (AvgIpc) is 3.28. The Morgan fingerprint density at radius 1 is 1.03 bits per heavy atom. The van der Waals surface area contributed by atoms with Crippen molar-refractivity contribution in [1.82, 2.24) is 14.9 Å². The molecule has 2 aromatic rings. The van der Waals surface area contributed by atoms with Gasteiger partial charge in [0.2, 0.25) is 5.91 Å². The van der Waals surface area contributed by atoms with Crippen LogP contribution in [-0.2, 0) is 17.6 Å². The molecule has 0 radical (unpaired) electrons. The number of hydrogen-bond acceptors (Lipinski definition) is 4. The Hall–Kier alpha value is -2.43. The van der Waals surface area contributed by atoms with Gasteiger partial charge in [-0.3, -0.25) is 4.79 Å². The molecule has 1 aromatic heterocycles. The number of rotatable bonds is 7. The summed E-state index contributed by atoms with van der Waals surface area (Å²) in [6.07, 6.45) is 8.35. The molecule has 1 aromatic carbocycles. The Kier molecular flexibility index (Phi) is 6.66. The lowest BCUT2D eigenvalue weighted by atomic mass is 9.95. The van der Waals surface area contributed by atoms with E-state index in [1.54, 1.807) is 0 Å². The molecule has 0 saturated carbocycles. The number of carbonyl (C=O) groups excluding carboxylic acids is 1. The maximum Gasteiger partial charge on any atom is 0.245 e. The van der Waals surface area contributed by atoms with Crippen LogP contribution in [0.1, 0.15) is 63.6 Å². The summed E-state index contributed by atoms with van der Waals surface area (Å²) in [5, 5.41) is 0. The zero-order chi connectivity index (χ0) is 20.9. The fourth-order valence-electron chi connectivity index (χ4n) is 4.89. The number of anilines is 1. The van der Waals surface area contributed by atoms with Gasteiger partial charge in [0.25, 0.3) is 0 Å². The Bertz CT molecular complexity index is 861. The average molecular weight is 407 g/mol. The molecule has 4 rings (SSSR count). The molecule has 1 saturated heterocycles. The maximum atomic E-state index is 13.5. The smallest absolute Gasteiger partial charge is 0.245 e. The van der Waals surface area contributed by atoms with Crippen LogP contribution >= 0.6 is 0 Å². The summed E-state index contributed by atoms with van der Waals surface area (Å²) in [7, 11) is 0. The highest BCUT2D eigenvalue weighted by Gasteiger charge is 2.36. The van der Waals surface area contributed by atoms with Gasteiger partial charge < -0.3 is 9.80 Å². The third kappa shape index (κ3) is 4.21. The van der Waals surface area contributed by atoms with Crippen LogP contribution in [0, 0.1) is 0 Å². The lowest BCUT2D eigenvalue weighted by molar-refractivity contribution is -0.132. The summed E-state index contributed by atoms with van der Waals surface area (Å²) < 4.78 is 0. The second-order valence-electron chi connectivity index (χ2n) is 8.55. The van der Waals surface area contributed by atoms with Crippen LogP contribution in [-0.4, -0.2) is 46.5 Å². The van der Waals surface area contributed by atoms with Crippen molar-refractivity contribution in [3.63, 3.8) is 0 Å². The van der Waals surface area contributed by atoms with Gasteiger partial charge in [0.1, 0.15) is 11.9 Å². The van der Waals surface area contributed by atoms with E-state index in [4.69, 9.17) is 9.97 Å². The van der Waals surface area contributed by atoms with E-state index in [-0.39, 0.29) is 11.9 Å². The molecule has 5 heteroatoms. The molecular formula is C25H34N4O. The van der Waals surface area contributed by atoms with E-state index in [1.165, 1.54) is 24.1 Å². The van der Waals surface area contributed by atoms with Crippen LogP contribution in [0.5, 0.6) is 0 Å². The largest absolute Gasteiger partial charge is 0.344 e. The van der Waals surface area contributed by atoms with E-state index >= 15 is 0 Å². The number of benzene rings is 1. The predicted molar refractivity (Wildman–Crippen MR) is 122 cm³/mol. The van der Waals surface area contributed by atoms with Crippen molar-refractivity contribution in [1.29, 1.82) is 0 Å². The van der Waals surface area contributed by atoms with Crippen molar-refractivity contribution < 1.29 is 4.79 Å². The minimum Gasteiger partial charge on any atom is -0.344 e. The zero-order valence-electron chi connectivity index (χ0n) is 18.4. The molecule has 1 unspecified atom stereocenters. The number of nitrogens with zero attached hydrogens (tertiary/aromatic N) is 4. The summed E-state index contributed by atoms with van der Waals surface area (Å²) in [4.78, 5) is 27.9. The van der Waals surface area contributed by atoms with Crippen molar-refractivity contribution in [3.8, 4) is 11.4 Å². The zero-order valence-corrected chi connectivity index (χ0v) is 18.4. The first-order valence-electron chi connectivity index (χ1n) is 11.7. The van der Waals surface area contributed by atoms with E-state index in [0.717, 1.165) is 75.4 Å². The van der Waals surface area contributed by atoms with Gasteiger partial charge in [-0.1, -0.05) is 44.2 Å². The van der Waals surface area contributed by atoms with E-state index in [2.05, 4.69) is 35.8 Å². The van der Waals surface area contributed by atoms with Gasteiger partial charge in [-0.2, -0.15) is 0 Å². The van der Waals surface area contributed by atoms with Crippen molar-refractivity contribution in [3.05, 3.63) is 41.6 Å². The standard InChI is InChI=1S/C25H34N4O/c1-3-16-28(17-4-2)25(30)22-15-10-18-29(22)24-20-13-8-9-14-21(20)26-23(27-24)19-11-6-5-7-12-19/h5-7,11-12,22H,3-4,8-10,13-18H2,1-2H3. The van der Waals surface area contributed by atoms with E-state index in [0.29, 0.717) is 0 Å². The highest BCUT2D eigenvalue weighted by molar-refractivity contribution is 5.86. The second kappa shape index (κ2) is 9.59. The molecule has 30 heavy (non-hydrogen) atoms. The number of amides is 1. The third-order valence-electron chi connectivity index (χ3n) is 6.30. The SMILES string of the molecule is CCCN(CCC)C(=O)C1CCCN1c1nc(-c2ccccc2)nc2c1CCCC2. The van der Waals surface area contributed by atoms with Crippen molar-refractivity contribution >= 4 is 11.7 Å². The van der Waals surface area contributed by atoms with Gasteiger partial charge in [-0.05, 0) is 51.4 Å². The highest BCUT2D eigenvalue weighted by atomic mass is 16.2. The van der Waals surface area contributed by atoms with Crippen molar-refractivity contribution in [2.75, 3.05) is 24.5 Å². The van der Waals surface area contributed by atoms with Crippen LogP contribution < -0.4 is 4.90 Å². The minimum atomic E-state index is -0.0901. The first kappa shape index (κ1) is 20.8. The van der Waals surface area contributed by atoms with Crippen LogP contribution in [0.3, 0.4) is 0 Å². The van der Waals surface area contributed by atoms with E-state index < -0.39 is 0 Å². The molecule has 2 aliphatic rings. The highest BCUT2D eigenvalue weighted by Crippen LogP contribution is 2.34. The first-order chi connectivity index (χ1) is 14.7. The number of aryl methyl sites for hydroxylation is 1. The molecule has 1 amide bonds. The molecule has 1 fully saturated rings. The summed E-state index contributed by atoms with van der Waals surface area (Å²) >= 11 is 0. The molecule has 0 N–H and O–H groups in total. The molecule has 1 aliphatic carbocycles. The summed E-state index contributed by atoms with van der Waals surface area (Å²) in [6, 6.07) is 10.2. The molecule has 0 spiro atoms. The number of aromatic nitrogens is 2. The van der Waals surface area contributed by atoms with Crippen LogP contribution in [0.2, 0.25) is 0 Å². The fourth-order valence-corrected chi connectivity index (χ4v) is 4.89. The summed E-state index contributed by atoms with van der Waals surface area (Å²) in [6.45, 7) is 6.88. The molecular weight excluding hydrogens is 372 g/mol. The molecule has 1 aliphatic heterocycles. The number of hydrogen-bond donors (Lipinski definition) is 0. The third-order valence-corrected chi connectivity index (χ3v) is 6.30. The Morgan fingerprint density at radius 3 is 2.50 bits per heavy atom. The quantitative estimate of drug-likeness (QED) is 0.672. The molecule has 5 nitrogen and oxygen atoms in total. The molecule has 2 heterocycles. The van der Waals surface area contributed by atoms with Crippen LogP contribution in [0.25, 0.3) is 11.4 Å². The lowest BCUT2D eigenvalue weighted by Crippen LogP contribution is -2.47. The van der Waals surface area contributed by atoms with Crippen LogP contribution in [0.4, 0.5) is 5.82 Å². The van der Waals surface area contributed by atoms with Crippen molar-refractivity contribution in [2.45, 2.75) is 71.3 Å².